The van der Waals surface area contributed by atoms with Crippen LogP contribution in [0.5, 0.6) is 11.5 Å². The summed E-state index contributed by atoms with van der Waals surface area (Å²) in [5.74, 6) is -0.139. The zero-order valence-electron chi connectivity index (χ0n) is 19.7. The molecular weight excluding hydrogens is 446 g/mol. The monoisotopic (exact) mass is 477 g/mol. The Hall–Kier alpha value is -3.11. The third-order valence-corrected chi connectivity index (χ3v) is 5.83. The first-order valence-corrected chi connectivity index (χ1v) is 11.8. The Labute approximate surface area is 194 Å². The Bertz CT molecular complexity index is 1110. The van der Waals surface area contributed by atoms with Crippen LogP contribution in [0.1, 0.15) is 45.0 Å². The number of hydrogen-bond donors (Lipinski definition) is 3. The second-order valence-electron chi connectivity index (χ2n) is 8.71. The molecule has 0 bridgehead atoms. The first-order chi connectivity index (χ1) is 15.3. The highest BCUT2D eigenvalue weighted by Crippen LogP contribution is 2.28. The zero-order valence-corrected chi connectivity index (χ0v) is 20.5. The average Bonchev–Trinajstić information content (AvgIpc) is 2.70. The van der Waals surface area contributed by atoms with Crippen molar-refractivity contribution in [2.45, 2.75) is 51.1 Å². The summed E-state index contributed by atoms with van der Waals surface area (Å²) in [5, 5.41) is 5.40. The van der Waals surface area contributed by atoms with Crippen LogP contribution in [-0.4, -0.2) is 45.5 Å². The highest BCUT2D eigenvalue weighted by atomic mass is 32.2. The van der Waals surface area contributed by atoms with Crippen LogP contribution in [0.25, 0.3) is 0 Å². The number of methoxy groups -OCH3 is 1. The lowest BCUT2D eigenvalue weighted by molar-refractivity contribution is -0.123. The summed E-state index contributed by atoms with van der Waals surface area (Å²) in [6, 6.07) is 10.5. The Morgan fingerprint density at radius 3 is 2.33 bits per heavy atom. The maximum absolute atomic E-state index is 12.7. The average molecular weight is 478 g/mol. The van der Waals surface area contributed by atoms with E-state index in [0.29, 0.717) is 11.4 Å². The van der Waals surface area contributed by atoms with Crippen LogP contribution in [0.15, 0.2) is 47.4 Å². The molecule has 10 heteroatoms. The van der Waals surface area contributed by atoms with E-state index in [4.69, 9.17) is 9.47 Å². The second-order valence-corrected chi connectivity index (χ2v) is 10.4. The molecule has 0 aliphatic heterocycles. The molecular formula is C23H31N3O6S. The SMILES string of the molecule is COc1cc(C(=O)Nc2cccc(S(=O)(=O)NC(C)(C)C)c2)ccc1OCC(=O)NC(C)C. The fraction of sp³-hybridized carbons (Fsp3) is 0.391. The van der Waals surface area contributed by atoms with Crippen LogP contribution in [-0.2, 0) is 14.8 Å². The van der Waals surface area contributed by atoms with E-state index in [0.717, 1.165) is 0 Å². The van der Waals surface area contributed by atoms with Gasteiger partial charge < -0.3 is 20.1 Å². The van der Waals surface area contributed by atoms with Crippen molar-refractivity contribution in [2.75, 3.05) is 19.0 Å². The molecule has 0 spiro atoms. The van der Waals surface area contributed by atoms with Crippen LogP contribution in [0.4, 0.5) is 5.69 Å². The number of carbonyl (C=O) groups excluding carboxylic acids is 2. The largest absolute Gasteiger partial charge is 0.493 e. The normalized spacial score (nSPS) is 11.7. The van der Waals surface area contributed by atoms with Crippen LogP contribution in [0.2, 0.25) is 0 Å². The van der Waals surface area contributed by atoms with Gasteiger partial charge in [0.05, 0.1) is 12.0 Å². The lowest BCUT2D eigenvalue weighted by atomic mass is 10.1. The van der Waals surface area contributed by atoms with Crippen molar-refractivity contribution >= 4 is 27.5 Å². The summed E-state index contributed by atoms with van der Waals surface area (Å²) in [6.07, 6.45) is 0. The molecule has 3 N–H and O–H groups in total. The molecule has 2 aromatic rings. The molecule has 2 aromatic carbocycles. The predicted octanol–water partition coefficient (Wildman–Crippen LogP) is 2.93. The van der Waals surface area contributed by atoms with Crippen LogP contribution in [0.3, 0.4) is 0 Å². The highest BCUT2D eigenvalue weighted by molar-refractivity contribution is 7.89. The lowest BCUT2D eigenvalue weighted by Crippen LogP contribution is -2.40. The van der Waals surface area contributed by atoms with Crippen LogP contribution >= 0.6 is 0 Å². The third-order valence-electron chi connectivity index (χ3n) is 4.08. The summed E-state index contributed by atoms with van der Waals surface area (Å²) in [4.78, 5) is 24.6. The molecule has 33 heavy (non-hydrogen) atoms. The molecule has 0 heterocycles. The third kappa shape index (κ3) is 8.07. The number of nitrogens with one attached hydrogen (secondary N) is 3. The number of anilines is 1. The molecule has 0 aliphatic carbocycles. The number of hydrogen-bond acceptors (Lipinski definition) is 6. The molecule has 0 atom stereocenters. The summed E-state index contributed by atoms with van der Waals surface area (Å²) in [5.41, 5.74) is -0.0539. The van der Waals surface area contributed by atoms with Crippen LogP contribution < -0.4 is 24.8 Å². The van der Waals surface area contributed by atoms with Gasteiger partial charge >= 0.3 is 0 Å². The maximum atomic E-state index is 12.7. The van der Waals surface area contributed by atoms with E-state index in [1.807, 2.05) is 13.8 Å². The van der Waals surface area contributed by atoms with E-state index in [2.05, 4.69) is 15.4 Å². The van der Waals surface area contributed by atoms with Crippen molar-refractivity contribution < 1.29 is 27.5 Å². The van der Waals surface area contributed by atoms with Crippen molar-refractivity contribution in [1.82, 2.24) is 10.0 Å². The zero-order chi connectivity index (χ0) is 24.8. The second kappa shape index (κ2) is 10.7. The van der Waals surface area contributed by atoms with E-state index in [1.54, 1.807) is 32.9 Å². The first-order valence-electron chi connectivity index (χ1n) is 10.4. The summed E-state index contributed by atoms with van der Waals surface area (Å²) >= 11 is 0. The Morgan fingerprint density at radius 2 is 1.73 bits per heavy atom. The molecule has 0 saturated heterocycles. The lowest BCUT2D eigenvalue weighted by Gasteiger charge is -2.20. The first kappa shape index (κ1) is 26.1. The van der Waals surface area contributed by atoms with Gasteiger partial charge in [0.15, 0.2) is 18.1 Å². The number of sulfonamides is 1. The van der Waals surface area contributed by atoms with Gasteiger partial charge in [0.2, 0.25) is 10.0 Å². The molecule has 0 aliphatic rings. The van der Waals surface area contributed by atoms with Gasteiger partial charge in [-0.1, -0.05) is 6.07 Å². The molecule has 9 nitrogen and oxygen atoms in total. The standard InChI is InChI=1S/C23H31N3O6S/c1-15(2)24-21(27)14-32-19-11-10-16(12-20(19)31-6)22(28)25-17-8-7-9-18(13-17)33(29,30)26-23(3,4)5/h7-13,15,26H,14H2,1-6H3,(H,24,27)(H,25,28). The minimum atomic E-state index is -3.75. The molecule has 0 aromatic heterocycles. The number of rotatable bonds is 9. The minimum Gasteiger partial charge on any atom is -0.493 e. The van der Waals surface area contributed by atoms with E-state index in [9.17, 15) is 18.0 Å². The van der Waals surface area contributed by atoms with Gasteiger partial charge in [0, 0.05) is 22.8 Å². The van der Waals surface area contributed by atoms with Gasteiger partial charge in [-0.3, -0.25) is 9.59 Å². The Morgan fingerprint density at radius 1 is 1.03 bits per heavy atom. The van der Waals surface area contributed by atoms with Crippen molar-refractivity contribution in [3.63, 3.8) is 0 Å². The minimum absolute atomic E-state index is 0.00759. The fourth-order valence-electron chi connectivity index (χ4n) is 2.84. The van der Waals surface area contributed by atoms with E-state index < -0.39 is 21.5 Å². The van der Waals surface area contributed by atoms with Gasteiger partial charge in [-0.05, 0) is 71.0 Å². The van der Waals surface area contributed by atoms with Gasteiger partial charge in [-0.15, -0.1) is 0 Å². The number of carbonyl (C=O) groups is 2. The van der Waals surface area contributed by atoms with Crippen molar-refractivity contribution in [3.05, 3.63) is 48.0 Å². The van der Waals surface area contributed by atoms with Crippen molar-refractivity contribution in [1.29, 1.82) is 0 Å². The molecule has 0 radical (unpaired) electrons. The van der Waals surface area contributed by atoms with Gasteiger partial charge in [-0.25, -0.2) is 13.1 Å². The van der Waals surface area contributed by atoms with Crippen molar-refractivity contribution in [2.24, 2.45) is 0 Å². The quantitative estimate of drug-likeness (QED) is 0.510. The molecule has 2 rings (SSSR count). The van der Waals surface area contributed by atoms with Gasteiger partial charge in [0.1, 0.15) is 0 Å². The highest BCUT2D eigenvalue weighted by Gasteiger charge is 2.22. The topological polar surface area (TPSA) is 123 Å². The maximum Gasteiger partial charge on any atom is 0.258 e. The number of benzene rings is 2. The summed E-state index contributed by atoms with van der Waals surface area (Å²) < 4.78 is 38.5. The van der Waals surface area contributed by atoms with Gasteiger partial charge in [0.25, 0.3) is 11.8 Å². The molecule has 180 valence electrons. The molecule has 2 amide bonds. The van der Waals surface area contributed by atoms with Gasteiger partial charge in [-0.2, -0.15) is 0 Å². The molecule has 0 saturated carbocycles. The molecule has 0 unspecified atom stereocenters. The summed E-state index contributed by atoms with van der Waals surface area (Å²) in [7, 11) is -2.32. The number of amides is 2. The Balaban J connectivity index is 2.15. The predicted molar refractivity (Wildman–Crippen MR) is 126 cm³/mol. The van der Waals surface area contributed by atoms with Crippen LogP contribution in [0, 0.1) is 0 Å². The summed E-state index contributed by atoms with van der Waals surface area (Å²) in [6.45, 7) is 8.73. The number of ether oxygens (including phenoxy) is 2. The Kier molecular flexibility index (Phi) is 8.45. The van der Waals surface area contributed by atoms with E-state index >= 15 is 0 Å². The van der Waals surface area contributed by atoms with Crippen molar-refractivity contribution in [3.8, 4) is 11.5 Å². The smallest absolute Gasteiger partial charge is 0.258 e. The van der Waals surface area contributed by atoms with E-state index in [-0.39, 0.29) is 34.8 Å². The fourth-order valence-corrected chi connectivity index (χ4v) is 4.31. The molecule has 0 fully saturated rings. The van der Waals surface area contributed by atoms with E-state index in [1.165, 1.54) is 37.4 Å².